The summed E-state index contributed by atoms with van der Waals surface area (Å²) in [6.07, 6.45) is 23.9. The number of hydrogen-bond acceptors (Lipinski definition) is 9. The van der Waals surface area contributed by atoms with E-state index in [2.05, 4.69) is 30.5 Å². The molecule has 1 aliphatic carbocycles. The Labute approximate surface area is 293 Å². The van der Waals surface area contributed by atoms with Gasteiger partial charge in [0.2, 0.25) is 0 Å². The molecule has 0 aromatic heterocycles. The number of Topliss-reactive ketones (excluding diaryl/α,β-unsaturated/α-hetero) is 1. The third-order valence-electron chi connectivity index (χ3n) is 8.51. The van der Waals surface area contributed by atoms with Crippen LogP contribution in [0.5, 0.6) is 0 Å². The van der Waals surface area contributed by atoms with E-state index in [-0.39, 0.29) is 37.6 Å². The lowest BCUT2D eigenvalue weighted by atomic mass is 9.90. The number of rotatable bonds is 29. The summed E-state index contributed by atoms with van der Waals surface area (Å²) >= 11 is 0. The maximum Gasteiger partial charge on any atom is 0.469 e. The van der Waals surface area contributed by atoms with Crippen LogP contribution in [-0.4, -0.2) is 69.2 Å². The van der Waals surface area contributed by atoms with Gasteiger partial charge in [-0.1, -0.05) is 102 Å². The van der Waals surface area contributed by atoms with Crippen LogP contribution in [0.1, 0.15) is 136 Å². The van der Waals surface area contributed by atoms with Gasteiger partial charge >= 0.3 is 19.8 Å². The van der Waals surface area contributed by atoms with Crippen LogP contribution in [0.25, 0.3) is 0 Å². The van der Waals surface area contributed by atoms with Crippen molar-refractivity contribution < 1.29 is 52.9 Å². The topological polar surface area (TPSA) is 177 Å². The van der Waals surface area contributed by atoms with Crippen LogP contribution < -0.4 is 0 Å². The molecule has 0 aromatic rings. The molecule has 1 saturated carbocycles. The number of phosphoric acid groups is 1. The van der Waals surface area contributed by atoms with Gasteiger partial charge in [-0.25, -0.2) is 4.57 Å². The van der Waals surface area contributed by atoms with Gasteiger partial charge in [-0.05, 0) is 51.4 Å². The van der Waals surface area contributed by atoms with Gasteiger partial charge in [0.05, 0.1) is 18.8 Å². The Bertz CT molecular complexity index is 1050. The van der Waals surface area contributed by atoms with Crippen molar-refractivity contribution in [1.29, 1.82) is 0 Å². The number of carbonyl (C=O) groups excluding carboxylic acids is 3. The number of aliphatic hydroxyl groups is 2. The average molecular weight is 715 g/mol. The lowest BCUT2D eigenvalue weighted by Gasteiger charge is -2.18. The van der Waals surface area contributed by atoms with Crippen molar-refractivity contribution in [3.05, 3.63) is 36.5 Å². The second kappa shape index (κ2) is 27.6. The second-order valence-corrected chi connectivity index (χ2v) is 14.2. The molecule has 0 amide bonds. The van der Waals surface area contributed by atoms with E-state index in [0.717, 1.165) is 57.8 Å². The number of carbonyl (C=O) groups is 3. The predicted molar refractivity (Wildman–Crippen MR) is 189 cm³/mol. The minimum absolute atomic E-state index is 0.0343. The van der Waals surface area contributed by atoms with Gasteiger partial charge in [0.1, 0.15) is 12.4 Å². The SMILES string of the molecule is CCCC/C=C\CCCCCCCC(=O)O[C@H](COC(=O)CCC/C=C\C[C@H]1[C@@H](O)CC(=O)[C@@H]1/C=C/[C@@H](O)CCCCC)COP(=O)(O)O. The van der Waals surface area contributed by atoms with Crippen molar-refractivity contribution in [3.63, 3.8) is 0 Å². The lowest BCUT2D eigenvalue weighted by Crippen LogP contribution is -2.29. The highest BCUT2D eigenvalue weighted by Gasteiger charge is 2.39. The monoisotopic (exact) mass is 714 g/mol. The van der Waals surface area contributed by atoms with Crippen LogP contribution in [-0.2, 0) is 32.9 Å². The first kappa shape index (κ1) is 44.9. The van der Waals surface area contributed by atoms with Crippen LogP contribution in [0.4, 0.5) is 0 Å². The largest absolute Gasteiger partial charge is 0.469 e. The number of unbranched alkanes of at least 4 members (excludes halogenated alkanes) is 10. The Morgan fingerprint density at radius 3 is 2.18 bits per heavy atom. The molecule has 1 aliphatic rings. The highest BCUT2D eigenvalue weighted by molar-refractivity contribution is 7.46. The van der Waals surface area contributed by atoms with E-state index in [1.165, 1.54) is 12.8 Å². The van der Waals surface area contributed by atoms with Crippen molar-refractivity contribution in [1.82, 2.24) is 0 Å². The van der Waals surface area contributed by atoms with Crippen molar-refractivity contribution >= 4 is 25.5 Å². The third kappa shape index (κ3) is 23.8. The number of ether oxygens (including phenoxy) is 2. The van der Waals surface area contributed by atoms with E-state index >= 15 is 0 Å². The van der Waals surface area contributed by atoms with E-state index in [1.54, 1.807) is 12.2 Å². The Kier molecular flexibility index (Phi) is 25.3. The number of phosphoric ester groups is 1. The van der Waals surface area contributed by atoms with Crippen LogP contribution in [0.15, 0.2) is 36.5 Å². The van der Waals surface area contributed by atoms with Gasteiger partial charge in [-0.15, -0.1) is 0 Å². The van der Waals surface area contributed by atoms with Gasteiger partial charge in [-0.3, -0.25) is 18.9 Å². The summed E-state index contributed by atoms with van der Waals surface area (Å²) in [5.41, 5.74) is 0. The molecule has 5 atom stereocenters. The second-order valence-electron chi connectivity index (χ2n) is 13.0. The molecule has 49 heavy (non-hydrogen) atoms. The summed E-state index contributed by atoms with van der Waals surface area (Å²) < 4.78 is 26.2. The van der Waals surface area contributed by atoms with E-state index in [9.17, 15) is 29.2 Å². The first-order valence-corrected chi connectivity index (χ1v) is 19.9. The molecule has 0 spiro atoms. The number of allylic oxidation sites excluding steroid dienone is 5. The molecule has 4 N–H and O–H groups in total. The normalized spacial score (nSPS) is 19.7. The smallest absolute Gasteiger partial charge is 0.462 e. The predicted octanol–water partition coefficient (Wildman–Crippen LogP) is 7.21. The van der Waals surface area contributed by atoms with Crippen LogP contribution in [0.2, 0.25) is 0 Å². The molecule has 11 nitrogen and oxygen atoms in total. The molecule has 12 heteroatoms. The number of ketones is 1. The summed E-state index contributed by atoms with van der Waals surface area (Å²) in [5.74, 6) is -1.84. The molecule has 0 radical (unpaired) electrons. The fourth-order valence-electron chi connectivity index (χ4n) is 5.63. The van der Waals surface area contributed by atoms with Crippen molar-refractivity contribution in [3.8, 4) is 0 Å². The first-order chi connectivity index (χ1) is 23.5. The highest BCUT2D eigenvalue weighted by atomic mass is 31.2. The molecule has 0 saturated heterocycles. The Balaban J connectivity index is 2.38. The number of hydrogen-bond donors (Lipinski definition) is 4. The van der Waals surface area contributed by atoms with Crippen molar-refractivity contribution in [2.75, 3.05) is 13.2 Å². The van der Waals surface area contributed by atoms with Crippen LogP contribution >= 0.6 is 7.82 Å². The first-order valence-electron chi connectivity index (χ1n) is 18.4. The van der Waals surface area contributed by atoms with E-state index < -0.39 is 50.6 Å². The maximum absolute atomic E-state index is 12.4. The van der Waals surface area contributed by atoms with Gasteiger partial charge in [0, 0.05) is 31.1 Å². The Hall–Kier alpha value is -2.14. The van der Waals surface area contributed by atoms with Gasteiger partial charge < -0.3 is 29.5 Å². The minimum Gasteiger partial charge on any atom is -0.462 e. The van der Waals surface area contributed by atoms with Crippen LogP contribution in [0, 0.1) is 11.8 Å². The maximum atomic E-state index is 12.4. The molecule has 1 rings (SSSR count). The summed E-state index contributed by atoms with van der Waals surface area (Å²) in [6, 6.07) is 0. The van der Waals surface area contributed by atoms with Crippen LogP contribution in [0.3, 0.4) is 0 Å². The number of esters is 2. The molecule has 1 fully saturated rings. The van der Waals surface area contributed by atoms with Gasteiger partial charge in [-0.2, -0.15) is 0 Å². The third-order valence-corrected chi connectivity index (χ3v) is 8.99. The van der Waals surface area contributed by atoms with E-state index in [4.69, 9.17) is 19.3 Å². The summed E-state index contributed by atoms with van der Waals surface area (Å²) in [6.45, 7) is 3.27. The zero-order valence-corrected chi connectivity index (χ0v) is 30.7. The molecule has 0 aromatic carbocycles. The molecule has 0 aliphatic heterocycles. The Morgan fingerprint density at radius 1 is 0.837 bits per heavy atom. The quantitative estimate of drug-likeness (QED) is 0.0267. The molecule has 0 heterocycles. The van der Waals surface area contributed by atoms with Crippen molar-refractivity contribution in [2.45, 2.75) is 154 Å². The molecule has 0 unspecified atom stereocenters. The molecule has 0 bridgehead atoms. The average Bonchev–Trinajstić information content (AvgIpc) is 3.32. The summed E-state index contributed by atoms with van der Waals surface area (Å²) in [7, 11) is -4.81. The molecule has 282 valence electrons. The summed E-state index contributed by atoms with van der Waals surface area (Å²) in [4.78, 5) is 55.2. The zero-order valence-electron chi connectivity index (χ0n) is 29.8. The van der Waals surface area contributed by atoms with Gasteiger partial charge in [0.25, 0.3) is 0 Å². The van der Waals surface area contributed by atoms with E-state index in [1.807, 2.05) is 12.2 Å². The summed E-state index contributed by atoms with van der Waals surface area (Å²) in [5, 5.41) is 20.6. The molecular weight excluding hydrogens is 651 g/mol. The molecular formula is C37H63O11P. The standard InChI is InChI=1S/C37H63O11P/c1-3-5-7-8-9-10-11-12-13-14-20-24-37(42)48-31(29-47-49(43,44)45)28-46-36(41)23-19-16-15-18-22-32-33(35(40)27-34(32)39)26-25-30(38)21-17-6-4-2/h8-9,15,18,25-26,30-34,38-39H,3-7,10-14,16-17,19-24,27-29H2,1-2H3,(H2,43,44,45)/b9-8-,18-15-,26-25+/t30-,31+,32+,33+,34-/m0/s1. The highest BCUT2D eigenvalue weighted by Crippen LogP contribution is 2.36. The van der Waals surface area contributed by atoms with Crippen molar-refractivity contribution in [2.24, 2.45) is 11.8 Å². The fourth-order valence-corrected chi connectivity index (χ4v) is 5.99. The lowest BCUT2D eigenvalue weighted by molar-refractivity contribution is -0.161. The fraction of sp³-hybridized carbons (Fsp3) is 0.757. The number of aliphatic hydroxyl groups excluding tert-OH is 2. The zero-order chi connectivity index (χ0) is 36.3. The van der Waals surface area contributed by atoms with Gasteiger partial charge in [0.15, 0.2) is 6.10 Å². The van der Waals surface area contributed by atoms with E-state index in [0.29, 0.717) is 32.1 Å². The Morgan fingerprint density at radius 2 is 1.47 bits per heavy atom. The minimum atomic E-state index is -4.81.